The Bertz CT molecular complexity index is 1000. The van der Waals surface area contributed by atoms with Gasteiger partial charge in [0.05, 0.1) is 6.61 Å². The number of ether oxygens (including phenoxy) is 2. The summed E-state index contributed by atoms with van der Waals surface area (Å²) in [6.45, 7) is 3.63. The topological polar surface area (TPSA) is 63.7 Å². The van der Waals surface area contributed by atoms with Gasteiger partial charge in [-0.2, -0.15) is 0 Å². The quantitative estimate of drug-likeness (QED) is 0.633. The number of nitrogens with one attached hydrogen (secondary N) is 1. The van der Waals surface area contributed by atoms with Gasteiger partial charge in [-0.05, 0) is 47.6 Å². The predicted octanol–water partition coefficient (Wildman–Crippen LogP) is 4.05. The maximum absolute atomic E-state index is 12.3. The lowest BCUT2D eigenvalue weighted by Gasteiger charge is -2.17. The lowest BCUT2D eigenvalue weighted by atomic mass is 9.95. The third-order valence-electron chi connectivity index (χ3n) is 5.08. The Kier molecular flexibility index (Phi) is 5.53. The minimum atomic E-state index is -0.0472. The summed E-state index contributed by atoms with van der Waals surface area (Å²) in [5.41, 5.74) is 4.20. The number of H-pyrrole nitrogens is 1. The first-order valence-corrected chi connectivity index (χ1v) is 9.59. The number of carbonyl (C=O) groups excluding carboxylic acids is 1. The Labute approximate surface area is 164 Å². The average molecular weight is 376 g/mol. The predicted molar refractivity (Wildman–Crippen MR) is 111 cm³/mol. The van der Waals surface area contributed by atoms with Crippen molar-refractivity contribution in [3.05, 3.63) is 65.4 Å². The Morgan fingerprint density at radius 3 is 3.11 bits per heavy atom. The maximum atomic E-state index is 12.3. The van der Waals surface area contributed by atoms with Gasteiger partial charge in [-0.1, -0.05) is 30.3 Å². The van der Waals surface area contributed by atoms with E-state index in [0.717, 1.165) is 46.4 Å². The summed E-state index contributed by atoms with van der Waals surface area (Å²) in [4.78, 5) is 19.7. The molecule has 0 amide bonds. The summed E-state index contributed by atoms with van der Waals surface area (Å²) in [5, 5.41) is 1.16. The molecular weight excluding hydrogens is 352 g/mol. The molecule has 1 aliphatic heterocycles. The average Bonchev–Trinajstić information content (AvgIpc) is 3.38. The van der Waals surface area contributed by atoms with E-state index in [0.29, 0.717) is 12.5 Å². The zero-order valence-corrected chi connectivity index (χ0v) is 16.0. The van der Waals surface area contributed by atoms with Crippen molar-refractivity contribution in [3.8, 4) is 5.75 Å². The number of benzene rings is 2. The fourth-order valence-corrected chi connectivity index (χ4v) is 3.57. The molecule has 1 aliphatic rings. The number of hydrogen-bond acceptors (Lipinski definition) is 4. The van der Waals surface area contributed by atoms with E-state index >= 15 is 0 Å². The van der Waals surface area contributed by atoms with Gasteiger partial charge in [-0.15, -0.1) is 0 Å². The van der Waals surface area contributed by atoms with E-state index in [4.69, 9.17) is 9.47 Å². The van der Waals surface area contributed by atoms with Gasteiger partial charge in [0, 0.05) is 30.5 Å². The highest BCUT2D eigenvalue weighted by Crippen LogP contribution is 2.34. The normalized spacial score (nSPS) is 16.8. The molecule has 1 fully saturated rings. The molecule has 0 radical (unpaired) electrons. The maximum Gasteiger partial charge on any atom is 0.191 e. The third kappa shape index (κ3) is 4.15. The summed E-state index contributed by atoms with van der Waals surface area (Å²) < 4.78 is 11.4. The number of rotatable bonds is 7. The first-order chi connectivity index (χ1) is 13.7. The molecule has 2 heterocycles. The molecule has 0 saturated carbocycles. The van der Waals surface area contributed by atoms with Crippen LogP contribution in [0.25, 0.3) is 10.9 Å². The highest BCUT2D eigenvalue weighted by Gasteiger charge is 2.22. The monoisotopic (exact) mass is 376 g/mol. The minimum Gasteiger partial charge on any atom is -0.485 e. The minimum absolute atomic E-state index is 0.0262. The first kappa shape index (κ1) is 18.4. The molecule has 28 heavy (non-hydrogen) atoms. The smallest absolute Gasteiger partial charge is 0.191 e. The van der Waals surface area contributed by atoms with E-state index in [2.05, 4.69) is 16.0 Å². The van der Waals surface area contributed by atoms with Gasteiger partial charge >= 0.3 is 0 Å². The van der Waals surface area contributed by atoms with Crippen molar-refractivity contribution >= 4 is 22.9 Å². The number of ketones is 1. The second-order valence-electron chi connectivity index (χ2n) is 7.18. The van der Waals surface area contributed by atoms with Crippen LogP contribution in [0.1, 0.15) is 29.0 Å². The van der Waals surface area contributed by atoms with Gasteiger partial charge in [0.15, 0.2) is 5.78 Å². The molecule has 2 aromatic carbocycles. The fraction of sp³-hybridized carbons (Fsp3) is 0.304. The van der Waals surface area contributed by atoms with E-state index in [1.807, 2.05) is 49.5 Å². The number of aromatic amines is 1. The van der Waals surface area contributed by atoms with E-state index in [1.54, 1.807) is 6.21 Å². The standard InChI is InChI=1S/C23H24N2O3/c1-16-3-2-4-21(19-8-10-27-14-19)23(16)28-15-20(26)13-24-12-17-5-6-18-7-9-25-22(18)11-17/h2-7,9,11-12,19,25H,8,10,13-15H2,1H3. The second-order valence-corrected chi connectivity index (χ2v) is 7.18. The number of carbonyl (C=O) groups is 1. The molecule has 4 rings (SSSR count). The van der Waals surface area contributed by atoms with Crippen molar-refractivity contribution < 1.29 is 14.3 Å². The zero-order valence-electron chi connectivity index (χ0n) is 16.0. The van der Waals surface area contributed by atoms with Crippen LogP contribution >= 0.6 is 0 Å². The van der Waals surface area contributed by atoms with Crippen molar-refractivity contribution in [2.24, 2.45) is 4.99 Å². The van der Waals surface area contributed by atoms with Gasteiger partial charge in [0.2, 0.25) is 0 Å². The van der Waals surface area contributed by atoms with E-state index in [9.17, 15) is 4.79 Å². The SMILES string of the molecule is Cc1cccc(C2CCOC2)c1OCC(=O)CN=Cc1ccc2cc[nH]c2c1. The van der Waals surface area contributed by atoms with Crippen LogP contribution in [-0.4, -0.2) is 43.3 Å². The number of hydrogen-bond donors (Lipinski definition) is 1. The molecule has 0 spiro atoms. The van der Waals surface area contributed by atoms with Crippen molar-refractivity contribution in [1.82, 2.24) is 4.98 Å². The summed E-state index contributed by atoms with van der Waals surface area (Å²) >= 11 is 0. The van der Waals surface area contributed by atoms with Gasteiger partial charge in [-0.3, -0.25) is 9.79 Å². The molecule has 1 atom stereocenters. The van der Waals surface area contributed by atoms with Crippen LogP contribution in [0.15, 0.2) is 53.7 Å². The largest absolute Gasteiger partial charge is 0.485 e. The van der Waals surface area contributed by atoms with Crippen LogP contribution in [0, 0.1) is 6.92 Å². The number of aliphatic imine (C=N–C) groups is 1. The molecular formula is C23H24N2O3. The fourth-order valence-electron chi connectivity index (χ4n) is 3.57. The van der Waals surface area contributed by atoms with E-state index in [1.165, 1.54) is 0 Å². The molecule has 144 valence electrons. The summed E-state index contributed by atoms with van der Waals surface area (Å²) in [6, 6.07) is 14.2. The van der Waals surface area contributed by atoms with Crippen molar-refractivity contribution in [2.45, 2.75) is 19.3 Å². The van der Waals surface area contributed by atoms with Gasteiger partial charge in [-0.25, -0.2) is 0 Å². The highest BCUT2D eigenvalue weighted by atomic mass is 16.5. The van der Waals surface area contributed by atoms with Crippen molar-refractivity contribution in [3.63, 3.8) is 0 Å². The third-order valence-corrected chi connectivity index (χ3v) is 5.08. The summed E-state index contributed by atoms with van der Waals surface area (Å²) in [7, 11) is 0. The second kappa shape index (κ2) is 8.40. The molecule has 3 aromatic rings. The zero-order chi connectivity index (χ0) is 19.3. The molecule has 1 aromatic heterocycles. The van der Waals surface area contributed by atoms with Crippen molar-refractivity contribution in [1.29, 1.82) is 0 Å². The lowest BCUT2D eigenvalue weighted by Crippen LogP contribution is -2.16. The van der Waals surface area contributed by atoms with Crippen LogP contribution in [0.3, 0.4) is 0 Å². The Balaban J connectivity index is 1.35. The Morgan fingerprint density at radius 2 is 2.25 bits per heavy atom. The van der Waals surface area contributed by atoms with Crippen LogP contribution < -0.4 is 4.74 Å². The Hall–Kier alpha value is -2.92. The van der Waals surface area contributed by atoms with Crippen LogP contribution in [0.4, 0.5) is 0 Å². The van der Waals surface area contributed by atoms with E-state index in [-0.39, 0.29) is 18.9 Å². The number of Topliss-reactive ketones (excluding diaryl/α,β-unsaturated/α-hetero) is 1. The summed E-state index contributed by atoms with van der Waals surface area (Å²) in [6.07, 6.45) is 4.63. The number of para-hydroxylation sites is 1. The van der Waals surface area contributed by atoms with Crippen LogP contribution in [0.5, 0.6) is 5.75 Å². The molecule has 1 unspecified atom stereocenters. The number of nitrogens with zero attached hydrogens (tertiary/aromatic N) is 1. The number of fused-ring (bicyclic) bond motifs is 1. The Morgan fingerprint density at radius 1 is 1.32 bits per heavy atom. The molecule has 1 saturated heterocycles. The molecule has 0 aliphatic carbocycles. The van der Waals surface area contributed by atoms with Gasteiger partial charge in [0.1, 0.15) is 18.9 Å². The molecule has 5 heteroatoms. The highest BCUT2D eigenvalue weighted by molar-refractivity contribution is 5.90. The lowest BCUT2D eigenvalue weighted by molar-refractivity contribution is -0.119. The van der Waals surface area contributed by atoms with Crippen LogP contribution in [0.2, 0.25) is 0 Å². The molecule has 0 bridgehead atoms. The van der Waals surface area contributed by atoms with Gasteiger partial charge in [0.25, 0.3) is 0 Å². The van der Waals surface area contributed by atoms with E-state index < -0.39 is 0 Å². The first-order valence-electron chi connectivity index (χ1n) is 9.59. The molecule has 5 nitrogen and oxygen atoms in total. The van der Waals surface area contributed by atoms with Crippen LogP contribution in [-0.2, 0) is 9.53 Å². The number of aryl methyl sites for hydroxylation is 1. The van der Waals surface area contributed by atoms with Gasteiger partial charge < -0.3 is 14.5 Å². The van der Waals surface area contributed by atoms with Crippen molar-refractivity contribution in [2.75, 3.05) is 26.4 Å². The molecule has 1 N–H and O–H groups in total. The summed E-state index contributed by atoms with van der Waals surface area (Å²) in [5.74, 6) is 1.10. The number of aromatic nitrogens is 1.